The molecule has 0 aromatic rings. The maximum atomic E-state index is 10.2. The van der Waals surface area contributed by atoms with Crippen molar-refractivity contribution < 1.29 is 14.4 Å². The molecule has 66 valence electrons. The van der Waals surface area contributed by atoms with Crippen molar-refractivity contribution in [2.24, 2.45) is 5.73 Å². The Labute approximate surface area is 71.0 Å². The van der Waals surface area contributed by atoms with E-state index in [2.05, 4.69) is 0 Å². The fourth-order valence-electron chi connectivity index (χ4n) is 0.580. The van der Waals surface area contributed by atoms with Gasteiger partial charge in [-0.25, -0.2) is 0 Å². The van der Waals surface area contributed by atoms with Gasteiger partial charge in [0.05, 0.1) is 0 Å². The van der Waals surface area contributed by atoms with E-state index >= 15 is 0 Å². The van der Waals surface area contributed by atoms with Gasteiger partial charge in [-0.05, 0) is 19.0 Å². The molecule has 0 bridgehead atoms. The first-order valence-corrected chi connectivity index (χ1v) is 6.87. The van der Waals surface area contributed by atoms with Crippen molar-refractivity contribution in [3.8, 4) is 0 Å². The molecule has 0 radical (unpaired) electrons. The molecule has 0 atom stereocenters. The Morgan fingerprint density at radius 3 is 2.55 bits per heavy atom. The van der Waals surface area contributed by atoms with Crippen molar-refractivity contribution in [1.82, 2.24) is 0 Å². The highest BCUT2D eigenvalue weighted by Gasteiger charge is 2.19. The van der Waals surface area contributed by atoms with E-state index in [-0.39, 0.29) is 0 Å². The summed E-state index contributed by atoms with van der Waals surface area (Å²) in [6.45, 7) is 1.45. The molecule has 6 heteroatoms. The molecule has 0 aliphatic rings. The van der Waals surface area contributed by atoms with Crippen molar-refractivity contribution in [1.29, 1.82) is 0 Å². The molecule has 0 saturated carbocycles. The number of thioether (sulfide) groups is 1. The van der Waals surface area contributed by atoms with E-state index in [1.165, 1.54) is 6.55 Å². The molecule has 0 heterocycles. The second-order valence-corrected chi connectivity index (χ2v) is 6.52. The Kier molecular flexibility index (Phi) is 4.74. The normalized spacial score (nSPS) is 11.5. The average molecular weight is 195 g/mol. The van der Waals surface area contributed by atoms with Crippen LogP contribution in [0.4, 0.5) is 4.79 Å². The molecule has 0 aromatic carbocycles. The van der Waals surface area contributed by atoms with Crippen molar-refractivity contribution in [2.45, 2.75) is 19.0 Å². The van der Waals surface area contributed by atoms with Gasteiger partial charge in [0.1, 0.15) is 0 Å². The first-order chi connectivity index (χ1) is 4.92. The summed E-state index contributed by atoms with van der Waals surface area (Å²) >= 11 is 1.01. The van der Waals surface area contributed by atoms with E-state index in [1.54, 1.807) is 0 Å². The Bertz CT molecular complexity index is 136. The zero-order valence-electron chi connectivity index (χ0n) is 6.41. The molecule has 0 saturated heterocycles. The van der Waals surface area contributed by atoms with Crippen LogP contribution < -0.4 is 5.73 Å². The molecule has 0 aliphatic heterocycles. The summed E-state index contributed by atoms with van der Waals surface area (Å²) in [4.78, 5) is 28.1. The number of primary amides is 1. The van der Waals surface area contributed by atoms with Gasteiger partial charge in [0.15, 0.2) is 0 Å². The van der Waals surface area contributed by atoms with E-state index in [0.717, 1.165) is 11.8 Å². The Balaban J connectivity index is 3.22. The van der Waals surface area contributed by atoms with Crippen LogP contribution in [-0.2, 0) is 0 Å². The zero-order chi connectivity index (χ0) is 8.91. The molecule has 0 aliphatic carbocycles. The SMILES string of the molecule is C[Si](O)(O)CCCSC(N)=O. The molecule has 0 aromatic heterocycles. The van der Waals surface area contributed by atoms with Crippen LogP contribution in [0.5, 0.6) is 0 Å². The quantitative estimate of drug-likeness (QED) is 0.443. The third kappa shape index (κ3) is 9.96. The van der Waals surface area contributed by atoms with Crippen LogP contribution in [0.25, 0.3) is 0 Å². The number of amides is 1. The number of carbonyl (C=O) groups is 1. The van der Waals surface area contributed by atoms with Gasteiger partial charge in [-0.3, -0.25) is 4.79 Å². The number of rotatable bonds is 4. The molecular formula is C5H13NO3SSi. The maximum absolute atomic E-state index is 10.2. The topological polar surface area (TPSA) is 83.6 Å². The summed E-state index contributed by atoms with van der Waals surface area (Å²) in [5.74, 6) is 0.568. The smallest absolute Gasteiger partial charge is 0.329 e. The molecule has 0 rings (SSSR count). The predicted octanol–water partition coefficient (Wildman–Crippen LogP) is 0.245. The van der Waals surface area contributed by atoms with Crippen LogP contribution in [0.15, 0.2) is 0 Å². The van der Waals surface area contributed by atoms with Gasteiger partial charge in [-0.1, -0.05) is 11.8 Å². The van der Waals surface area contributed by atoms with Crippen LogP contribution in [-0.4, -0.2) is 29.1 Å². The lowest BCUT2D eigenvalue weighted by atomic mass is 10.6. The first kappa shape index (κ1) is 11.0. The highest BCUT2D eigenvalue weighted by molar-refractivity contribution is 8.13. The molecule has 4 N–H and O–H groups in total. The van der Waals surface area contributed by atoms with Crippen molar-refractivity contribution >= 4 is 25.6 Å². The number of carbonyl (C=O) groups excluding carboxylic acids is 1. The number of hydrogen-bond donors (Lipinski definition) is 3. The van der Waals surface area contributed by atoms with Crippen molar-refractivity contribution in [3.05, 3.63) is 0 Å². The van der Waals surface area contributed by atoms with Gasteiger partial charge < -0.3 is 15.3 Å². The summed E-state index contributed by atoms with van der Waals surface area (Å²) in [6, 6.07) is 0.396. The maximum Gasteiger partial charge on any atom is 0.329 e. The standard InChI is InChI=1S/C5H13NO3SSi/c1-11(8,9)4-2-3-10-5(6)7/h8-9H,2-4H2,1H3,(H2,6,7). The van der Waals surface area contributed by atoms with Gasteiger partial charge in [0, 0.05) is 5.75 Å². The van der Waals surface area contributed by atoms with Gasteiger partial charge in [0.25, 0.3) is 5.24 Å². The molecule has 4 nitrogen and oxygen atoms in total. The Morgan fingerprint density at radius 2 is 2.18 bits per heavy atom. The second-order valence-electron chi connectivity index (χ2n) is 2.49. The highest BCUT2D eigenvalue weighted by atomic mass is 32.2. The summed E-state index contributed by atoms with van der Waals surface area (Å²) in [6.07, 6.45) is 0.628. The van der Waals surface area contributed by atoms with Gasteiger partial charge in [-0.15, -0.1) is 0 Å². The zero-order valence-corrected chi connectivity index (χ0v) is 8.23. The fraction of sp³-hybridized carbons (Fsp3) is 0.800. The third-order valence-electron chi connectivity index (χ3n) is 1.04. The van der Waals surface area contributed by atoms with Crippen LogP contribution in [0, 0.1) is 0 Å². The largest absolute Gasteiger partial charge is 0.411 e. The first-order valence-electron chi connectivity index (χ1n) is 3.29. The molecule has 11 heavy (non-hydrogen) atoms. The summed E-state index contributed by atoms with van der Waals surface area (Å²) in [5, 5.41) is -0.413. The van der Waals surface area contributed by atoms with Crippen LogP contribution >= 0.6 is 11.8 Å². The summed E-state index contributed by atoms with van der Waals surface area (Å²) < 4.78 is 0. The molecule has 1 amide bonds. The van der Waals surface area contributed by atoms with E-state index in [9.17, 15) is 4.79 Å². The summed E-state index contributed by atoms with van der Waals surface area (Å²) in [5.41, 5.74) is 4.85. The molecule has 0 unspecified atom stereocenters. The monoisotopic (exact) mass is 195 g/mol. The average Bonchev–Trinajstić information content (AvgIpc) is 1.78. The Hall–Kier alpha value is -0.0431. The van der Waals surface area contributed by atoms with Crippen molar-refractivity contribution in [3.63, 3.8) is 0 Å². The molecular weight excluding hydrogens is 182 g/mol. The summed E-state index contributed by atoms with van der Waals surface area (Å²) in [7, 11) is -2.89. The van der Waals surface area contributed by atoms with Crippen LogP contribution in [0.3, 0.4) is 0 Å². The second kappa shape index (κ2) is 4.76. The number of nitrogens with two attached hydrogens (primary N) is 1. The lowest BCUT2D eigenvalue weighted by Crippen LogP contribution is -2.29. The lowest BCUT2D eigenvalue weighted by Gasteiger charge is -2.09. The minimum Gasteiger partial charge on any atom is -0.411 e. The molecule has 0 spiro atoms. The van der Waals surface area contributed by atoms with Gasteiger partial charge >= 0.3 is 8.56 Å². The Morgan fingerprint density at radius 1 is 1.64 bits per heavy atom. The predicted molar refractivity (Wildman–Crippen MR) is 47.5 cm³/mol. The van der Waals surface area contributed by atoms with E-state index in [0.29, 0.717) is 18.2 Å². The van der Waals surface area contributed by atoms with Gasteiger partial charge in [0.2, 0.25) is 0 Å². The van der Waals surface area contributed by atoms with E-state index < -0.39 is 13.8 Å². The highest BCUT2D eigenvalue weighted by Crippen LogP contribution is 2.09. The minimum atomic E-state index is -2.89. The third-order valence-corrected chi connectivity index (χ3v) is 3.12. The molecule has 0 fully saturated rings. The van der Waals surface area contributed by atoms with Crippen LogP contribution in [0.2, 0.25) is 12.6 Å². The van der Waals surface area contributed by atoms with Crippen molar-refractivity contribution in [2.75, 3.05) is 5.75 Å². The van der Waals surface area contributed by atoms with Gasteiger partial charge in [-0.2, -0.15) is 0 Å². The lowest BCUT2D eigenvalue weighted by molar-refractivity contribution is 0.267. The van der Waals surface area contributed by atoms with Crippen LogP contribution in [0.1, 0.15) is 6.42 Å². The van der Waals surface area contributed by atoms with E-state index in [4.69, 9.17) is 15.3 Å². The fourth-order valence-corrected chi connectivity index (χ4v) is 2.17. The van der Waals surface area contributed by atoms with E-state index in [1.807, 2.05) is 0 Å². The minimum absolute atomic E-state index is 0.396. The number of hydrogen-bond acceptors (Lipinski definition) is 4.